The highest BCUT2D eigenvalue weighted by Crippen LogP contribution is 2.16. The largest absolute Gasteiger partial charge is 0.351 e. The van der Waals surface area contributed by atoms with Gasteiger partial charge in [-0.3, -0.25) is 9.59 Å². The van der Waals surface area contributed by atoms with E-state index in [0.29, 0.717) is 24.4 Å². The van der Waals surface area contributed by atoms with E-state index in [1.54, 1.807) is 12.3 Å². The van der Waals surface area contributed by atoms with Gasteiger partial charge in [0.15, 0.2) is 0 Å². The van der Waals surface area contributed by atoms with Gasteiger partial charge in [0.25, 0.3) is 11.5 Å². The average Bonchev–Trinajstić information content (AvgIpc) is 2.75. The Bertz CT molecular complexity index is 662. The van der Waals surface area contributed by atoms with E-state index < -0.39 is 0 Å². The molecule has 2 aromatic rings. The molecule has 0 aliphatic carbocycles. The SMILES string of the molecule is Cc1nc(C)c(C(=O)NCCCn2ncccc2=O)s1. The number of amides is 1. The summed E-state index contributed by atoms with van der Waals surface area (Å²) in [5.74, 6) is -0.110. The first kappa shape index (κ1) is 14.4. The lowest BCUT2D eigenvalue weighted by atomic mass is 10.3. The molecule has 20 heavy (non-hydrogen) atoms. The van der Waals surface area contributed by atoms with Crippen molar-refractivity contribution in [3.8, 4) is 0 Å². The van der Waals surface area contributed by atoms with E-state index in [1.807, 2.05) is 13.8 Å². The molecular formula is C13H16N4O2S. The molecule has 1 N–H and O–H groups in total. The molecule has 0 aliphatic heterocycles. The molecule has 1 amide bonds. The van der Waals surface area contributed by atoms with E-state index in [9.17, 15) is 9.59 Å². The number of carbonyl (C=O) groups is 1. The first-order valence-corrected chi connectivity index (χ1v) is 7.14. The number of aryl methyl sites for hydroxylation is 3. The van der Waals surface area contributed by atoms with Gasteiger partial charge in [0.2, 0.25) is 0 Å². The lowest BCUT2D eigenvalue weighted by Crippen LogP contribution is -2.27. The fraction of sp³-hybridized carbons (Fsp3) is 0.385. The highest BCUT2D eigenvalue weighted by Gasteiger charge is 2.12. The minimum Gasteiger partial charge on any atom is -0.351 e. The van der Waals surface area contributed by atoms with Crippen LogP contribution >= 0.6 is 11.3 Å². The Morgan fingerprint density at radius 2 is 2.25 bits per heavy atom. The number of hydrogen-bond donors (Lipinski definition) is 1. The molecule has 0 aromatic carbocycles. The molecule has 0 unspecified atom stereocenters. The van der Waals surface area contributed by atoms with Gasteiger partial charge in [0, 0.05) is 25.4 Å². The van der Waals surface area contributed by atoms with Gasteiger partial charge >= 0.3 is 0 Å². The number of nitrogens with zero attached hydrogens (tertiary/aromatic N) is 3. The highest BCUT2D eigenvalue weighted by atomic mass is 32.1. The molecule has 106 valence electrons. The van der Waals surface area contributed by atoms with Gasteiger partial charge in [0.05, 0.1) is 10.7 Å². The zero-order chi connectivity index (χ0) is 14.5. The van der Waals surface area contributed by atoms with Crippen LogP contribution in [0.1, 0.15) is 26.8 Å². The average molecular weight is 292 g/mol. The highest BCUT2D eigenvalue weighted by molar-refractivity contribution is 7.13. The van der Waals surface area contributed by atoms with E-state index in [2.05, 4.69) is 15.4 Å². The van der Waals surface area contributed by atoms with Gasteiger partial charge < -0.3 is 5.32 Å². The standard InChI is InChI=1S/C13H16N4O2S/c1-9-12(20-10(2)16-9)13(19)14-6-4-8-17-11(18)5-3-7-15-17/h3,5,7H,4,6,8H2,1-2H3,(H,14,19). The molecule has 6 nitrogen and oxygen atoms in total. The van der Waals surface area contributed by atoms with Gasteiger partial charge in [-0.15, -0.1) is 11.3 Å². The molecule has 0 aliphatic rings. The molecule has 0 radical (unpaired) electrons. The Balaban J connectivity index is 1.82. The van der Waals surface area contributed by atoms with Crippen molar-refractivity contribution in [3.63, 3.8) is 0 Å². The second kappa shape index (κ2) is 6.42. The predicted octanol–water partition coefficient (Wildman–Crippen LogP) is 1.14. The number of aromatic nitrogens is 3. The van der Waals surface area contributed by atoms with Gasteiger partial charge in [-0.2, -0.15) is 5.10 Å². The topological polar surface area (TPSA) is 76.9 Å². The van der Waals surface area contributed by atoms with E-state index in [1.165, 1.54) is 22.1 Å². The summed E-state index contributed by atoms with van der Waals surface area (Å²) in [5.41, 5.74) is 0.624. The quantitative estimate of drug-likeness (QED) is 0.838. The van der Waals surface area contributed by atoms with Crippen molar-refractivity contribution in [3.05, 3.63) is 44.3 Å². The van der Waals surface area contributed by atoms with E-state index in [0.717, 1.165) is 10.7 Å². The van der Waals surface area contributed by atoms with Gasteiger partial charge in [-0.05, 0) is 26.3 Å². The Kier molecular flexibility index (Phi) is 4.62. The lowest BCUT2D eigenvalue weighted by molar-refractivity contribution is 0.0956. The molecule has 0 spiro atoms. The molecule has 2 rings (SSSR count). The van der Waals surface area contributed by atoms with Crippen LogP contribution in [-0.2, 0) is 6.54 Å². The van der Waals surface area contributed by atoms with Crippen molar-refractivity contribution >= 4 is 17.2 Å². The third-order valence-corrected chi connectivity index (χ3v) is 3.80. The molecule has 0 saturated heterocycles. The maximum atomic E-state index is 11.9. The molecule has 0 atom stereocenters. The second-order valence-corrected chi connectivity index (χ2v) is 5.55. The number of rotatable bonds is 5. The fourth-order valence-corrected chi connectivity index (χ4v) is 2.64. The second-order valence-electron chi connectivity index (χ2n) is 4.34. The van der Waals surface area contributed by atoms with Crippen LogP contribution in [0.2, 0.25) is 0 Å². The van der Waals surface area contributed by atoms with E-state index >= 15 is 0 Å². The molecular weight excluding hydrogens is 276 g/mol. The van der Waals surface area contributed by atoms with E-state index in [4.69, 9.17) is 0 Å². The predicted molar refractivity (Wildman–Crippen MR) is 77.0 cm³/mol. The molecule has 0 saturated carbocycles. The van der Waals surface area contributed by atoms with Crippen LogP contribution in [0.3, 0.4) is 0 Å². The summed E-state index contributed by atoms with van der Waals surface area (Å²) < 4.78 is 1.38. The van der Waals surface area contributed by atoms with Gasteiger partial charge in [0.1, 0.15) is 4.88 Å². The van der Waals surface area contributed by atoms with Gasteiger partial charge in [-0.25, -0.2) is 9.67 Å². The number of nitrogens with one attached hydrogen (secondary N) is 1. The summed E-state index contributed by atoms with van der Waals surface area (Å²) in [4.78, 5) is 28.2. The van der Waals surface area contributed by atoms with Crippen molar-refractivity contribution in [2.24, 2.45) is 0 Å². The smallest absolute Gasteiger partial charge is 0.266 e. The Morgan fingerprint density at radius 1 is 1.45 bits per heavy atom. The summed E-state index contributed by atoms with van der Waals surface area (Å²) in [5, 5.41) is 7.67. The van der Waals surface area contributed by atoms with Crippen molar-refractivity contribution in [1.82, 2.24) is 20.1 Å². The minimum absolute atomic E-state index is 0.110. The summed E-state index contributed by atoms with van der Waals surface area (Å²) in [6, 6.07) is 3.07. The molecule has 7 heteroatoms. The van der Waals surface area contributed by atoms with Crippen LogP contribution in [0.5, 0.6) is 0 Å². The summed E-state index contributed by atoms with van der Waals surface area (Å²) in [6.45, 7) is 4.69. The van der Waals surface area contributed by atoms with Crippen molar-refractivity contribution < 1.29 is 4.79 Å². The van der Waals surface area contributed by atoms with Crippen LogP contribution in [0.25, 0.3) is 0 Å². The lowest BCUT2D eigenvalue weighted by Gasteiger charge is -2.05. The van der Waals surface area contributed by atoms with Gasteiger partial charge in [-0.1, -0.05) is 0 Å². The van der Waals surface area contributed by atoms with Crippen LogP contribution in [0, 0.1) is 13.8 Å². The zero-order valence-corrected chi connectivity index (χ0v) is 12.2. The Hall–Kier alpha value is -2.02. The minimum atomic E-state index is -0.132. The molecule has 0 fully saturated rings. The maximum Gasteiger partial charge on any atom is 0.266 e. The zero-order valence-electron chi connectivity index (χ0n) is 11.4. The van der Waals surface area contributed by atoms with Crippen molar-refractivity contribution in [1.29, 1.82) is 0 Å². The molecule has 2 heterocycles. The van der Waals surface area contributed by atoms with Crippen LogP contribution in [0.15, 0.2) is 23.1 Å². The monoisotopic (exact) mass is 292 g/mol. The summed E-state index contributed by atoms with van der Waals surface area (Å²) in [6.07, 6.45) is 2.23. The van der Waals surface area contributed by atoms with Crippen LogP contribution < -0.4 is 10.9 Å². The molecule has 2 aromatic heterocycles. The first-order chi connectivity index (χ1) is 9.58. The molecule has 0 bridgehead atoms. The van der Waals surface area contributed by atoms with Crippen LogP contribution in [-0.4, -0.2) is 27.2 Å². The third kappa shape index (κ3) is 3.51. The normalized spacial score (nSPS) is 10.5. The fourth-order valence-electron chi connectivity index (χ4n) is 1.81. The maximum absolute atomic E-state index is 11.9. The first-order valence-electron chi connectivity index (χ1n) is 6.32. The summed E-state index contributed by atoms with van der Waals surface area (Å²) >= 11 is 1.39. The number of hydrogen-bond acceptors (Lipinski definition) is 5. The van der Waals surface area contributed by atoms with E-state index in [-0.39, 0.29) is 11.5 Å². The number of carbonyl (C=O) groups excluding carboxylic acids is 1. The Labute approximate surface area is 120 Å². The van der Waals surface area contributed by atoms with Crippen molar-refractivity contribution in [2.75, 3.05) is 6.54 Å². The summed E-state index contributed by atoms with van der Waals surface area (Å²) in [7, 11) is 0. The Morgan fingerprint density at radius 3 is 2.90 bits per heavy atom. The van der Waals surface area contributed by atoms with Crippen molar-refractivity contribution in [2.45, 2.75) is 26.8 Å². The number of thiazole rings is 1. The van der Waals surface area contributed by atoms with Crippen LogP contribution in [0.4, 0.5) is 0 Å². The third-order valence-electron chi connectivity index (χ3n) is 2.73.